The average Bonchev–Trinajstić information content (AvgIpc) is 2.80. The normalized spacial score (nSPS) is 16.4. The van der Waals surface area contributed by atoms with Crippen LogP contribution in [0.25, 0.3) is 0 Å². The highest BCUT2D eigenvalue weighted by atomic mass is 16.5. The highest BCUT2D eigenvalue weighted by molar-refractivity contribution is 4.62. The van der Waals surface area contributed by atoms with E-state index in [-0.39, 0.29) is 12.7 Å². The van der Waals surface area contributed by atoms with Gasteiger partial charge in [-0.1, -0.05) is 132 Å². The van der Waals surface area contributed by atoms with Gasteiger partial charge in [0.1, 0.15) is 6.10 Å². The number of hydrogen-bond acceptors (Lipinski definition) is 3. The summed E-state index contributed by atoms with van der Waals surface area (Å²) in [5.74, 6) is 4.80. The van der Waals surface area contributed by atoms with Gasteiger partial charge in [0.25, 0.3) is 0 Å². The Bertz CT molecular complexity index is 450. The Labute approximate surface area is 227 Å². The molecule has 0 fully saturated rings. The molecule has 0 aliphatic rings. The summed E-state index contributed by atoms with van der Waals surface area (Å²) in [4.78, 5) is 0. The van der Waals surface area contributed by atoms with Crippen LogP contribution in [0.1, 0.15) is 145 Å². The molecule has 36 heavy (non-hydrogen) atoms. The van der Waals surface area contributed by atoms with Crippen LogP contribution in [0, 0.1) is 35.5 Å². The fraction of sp³-hybridized carbons (Fsp3) is 1.00. The van der Waals surface area contributed by atoms with Crippen LogP contribution in [-0.4, -0.2) is 37.6 Å². The summed E-state index contributed by atoms with van der Waals surface area (Å²) in [7, 11) is 0. The maximum absolute atomic E-state index is 9.62. The highest BCUT2D eigenvalue weighted by Gasteiger charge is 2.12. The number of aliphatic hydroxyl groups is 1. The lowest BCUT2D eigenvalue weighted by molar-refractivity contribution is -0.0471. The molecule has 1 N–H and O–H groups in total. The van der Waals surface area contributed by atoms with Crippen LogP contribution in [0.3, 0.4) is 0 Å². The van der Waals surface area contributed by atoms with Crippen molar-refractivity contribution in [2.75, 3.05) is 26.4 Å². The summed E-state index contributed by atoms with van der Waals surface area (Å²) in [6.07, 6.45) is 18.3. The molecule has 0 aliphatic heterocycles. The van der Waals surface area contributed by atoms with Crippen LogP contribution < -0.4 is 0 Å². The molecule has 0 aromatic carbocycles. The van der Waals surface area contributed by atoms with Gasteiger partial charge in [-0.05, 0) is 48.3 Å². The second kappa shape index (κ2) is 24.0. The molecule has 0 amide bonds. The number of hydrogen-bond donors (Lipinski definition) is 1. The molecule has 0 saturated carbocycles. The van der Waals surface area contributed by atoms with E-state index in [9.17, 15) is 5.11 Å². The molecule has 0 rings (SSSR count). The number of ether oxygens (including phenoxy) is 2. The van der Waals surface area contributed by atoms with E-state index in [4.69, 9.17) is 9.47 Å². The van der Waals surface area contributed by atoms with Gasteiger partial charge < -0.3 is 14.6 Å². The minimum Gasteiger partial charge on any atom is -0.394 e. The van der Waals surface area contributed by atoms with Gasteiger partial charge in [0.2, 0.25) is 0 Å². The lowest BCUT2D eigenvalue weighted by atomic mass is 9.91. The molecule has 5 atom stereocenters. The van der Waals surface area contributed by atoms with Crippen molar-refractivity contribution in [2.24, 2.45) is 35.5 Å². The molecule has 218 valence electrons. The predicted molar refractivity (Wildman–Crippen MR) is 159 cm³/mol. The van der Waals surface area contributed by atoms with E-state index in [0.717, 1.165) is 49.7 Å². The second-order valence-electron chi connectivity index (χ2n) is 13.3. The minimum atomic E-state index is -0.179. The van der Waals surface area contributed by atoms with Gasteiger partial charge >= 0.3 is 0 Å². The lowest BCUT2D eigenvalue weighted by Crippen LogP contribution is -2.25. The molecule has 0 bridgehead atoms. The molecular formula is C33H68O3. The van der Waals surface area contributed by atoms with Crippen molar-refractivity contribution in [1.29, 1.82) is 0 Å². The number of rotatable bonds is 26. The van der Waals surface area contributed by atoms with Crippen molar-refractivity contribution in [3.8, 4) is 0 Å². The first kappa shape index (κ1) is 35.9. The molecule has 0 aliphatic carbocycles. The summed E-state index contributed by atoms with van der Waals surface area (Å²) >= 11 is 0. The molecular weight excluding hydrogens is 444 g/mol. The van der Waals surface area contributed by atoms with Gasteiger partial charge in [0.15, 0.2) is 0 Å². The van der Waals surface area contributed by atoms with Crippen molar-refractivity contribution < 1.29 is 14.6 Å². The van der Waals surface area contributed by atoms with E-state index < -0.39 is 0 Å². The zero-order valence-electron chi connectivity index (χ0n) is 26.0. The standard InChI is InChI=1S/C33H68O3/c1-27(2)13-9-15-29(5)17-11-18-30(6)19-12-20-31(7)21-23-35-26-33(25-34)36-24-22-32(8)16-10-14-28(3)4/h27-34H,9-26H2,1-8H3/t29-,30-,31?,32?,33?/m1/s1. The van der Waals surface area contributed by atoms with E-state index in [1.807, 2.05) is 0 Å². The van der Waals surface area contributed by atoms with Crippen LogP contribution in [0.5, 0.6) is 0 Å². The lowest BCUT2D eigenvalue weighted by Gasteiger charge is -2.19. The maximum Gasteiger partial charge on any atom is 0.104 e. The Hall–Kier alpha value is -0.120. The highest BCUT2D eigenvalue weighted by Crippen LogP contribution is 2.23. The summed E-state index contributed by atoms with van der Waals surface area (Å²) in [6, 6.07) is 0. The van der Waals surface area contributed by atoms with Gasteiger partial charge in [0.05, 0.1) is 13.2 Å². The third-order valence-corrected chi connectivity index (χ3v) is 7.97. The first-order valence-corrected chi connectivity index (χ1v) is 15.9. The quantitative estimate of drug-likeness (QED) is 0.117. The Kier molecular flexibility index (Phi) is 23.9. The van der Waals surface area contributed by atoms with Crippen molar-refractivity contribution in [3.05, 3.63) is 0 Å². The molecule has 3 unspecified atom stereocenters. The van der Waals surface area contributed by atoms with Crippen LogP contribution in [-0.2, 0) is 9.47 Å². The molecule has 0 aromatic heterocycles. The van der Waals surface area contributed by atoms with Gasteiger partial charge in [0, 0.05) is 13.2 Å². The van der Waals surface area contributed by atoms with E-state index in [2.05, 4.69) is 55.4 Å². The molecule has 0 heterocycles. The molecule has 0 saturated heterocycles. The van der Waals surface area contributed by atoms with Crippen LogP contribution in [0.15, 0.2) is 0 Å². The van der Waals surface area contributed by atoms with Gasteiger partial charge in [-0.2, -0.15) is 0 Å². The predicted octanol–water partition coefficient (Wildman–Crippen LogP) is 9.70. The molecule has 0 radical (unpaired) electrons. The van der Waals surface area contributed by atoms with Crippen LogP contribution in [0.4, 0.5) is 0 Å². The topological polar surface area (TPSA) is 38.7 Å². The monoisotopic (exact) mass is 513 g/mol. The Morgan fingerprint density at radius 1 is 0.472 bits per heavy atom. The van der Waals surface area contributed by atoms with E-state index in [1.54, 1.807) is 0 Å². The van der Waals surface area contributed by atoms with Crippen molar-refractivity contribution >= 4 is 0 Å². The van der Waals surface area contributed by atoms with Crippen molar-refractivity contribution in [1.82, 2.24) is 0 Å². The zero-order valence-corrected chi connectivity index (χ0v) is 26.0. The number of aliphatic hydroxyl groups excluding tert-OH is 1. The maximum atomic E-state index is 9.62. The molecule has 3 nitrogen and oxygen atoms in total. The minimum absolute atomic E-state index is 0.0475. The van der Waals surface area contributed by atoms with Crippen LogP contribution >= 0.6 is 0 Å². The first-order chi connectivity index (χ1) is 17.1. The Morgan fingerprint density at radius 2 is 0.833 bits per heavy atom. The Morgan fingerprint density at radius 3 is 1.22 bits per heavy atom. The summed E-state index contributed by atoms with van der Waals surface area (Å²) in [5, 5.41) is 9.62. The fourth-order valence-electron chi connectivity index (χ4n) is 5.04. The molecule has 0 spiro atoms. The second-order valence-corrected chi connectivity index (χ2v) is 13.3. The summed E-state index contributed by atoms with van der Waals surface area (Å²) < 4.78 is 11.8. The van der Waals surface area contributed by atoms with Crippen molar-refractivity contribution in [2.45, 2.75) is 151 Å². The summed E-state index contributed by atoms with van der Waals surface area (Å²) in [5.41, 5.74) is 0. The SMILES string of the molecule is CC(C)CCCC(C)CCOC(CO)COCCC(C)CCC[C@H](C)CCC[C@H](C)CCCC(C)C. The first-order valence-electron chi connectivity index (χ1n) is 15.9. The molecule has 3 heteroatoms. The van der Waals surface area contributed by atoms with Crippen LogP contribution in [0.2, 0.25) is 0 Å². The Balaban J connectivity index is 3.70. The zero-order chi connectivity index (χ0) is 27.2. The third-order valence-electron chi connectivity index (χ3n) is 7.97. The molecule has 0 aromatic rings. The van der Waals surface area contributed by atoms with E-state index in [0.29, 0.717) is 18.4 Å². The van der Waals surface area contributed by atoms with Gasteiger partial charge in [-0.3, -0.25) is 0 Å². The van der Waals surface area contributed by atoms with E-state index >= 15 is 0 Å². The fourth-order valence-corrected chi connectivity index (χ4v) is 5.04. The van der Waals surface area contributed by atoms with E-state index in [1.165, 1.54) is 77.0 Å². The smallest absolute Gasteiger partial charge is 0.104 e. The van der Waals surface area contributed by atoms with Gasteiger partial charge in [-0.25, -0.2) is 0 Å². The average molecular weight is 513 g/mol. The van der Waals surface area contributed by atoms with Crippen molar-refractivity contribution in [3.63, 3.8) is 0 Å². The van der Waals surface area contributed by atoms with Gasteiger partial charge in [-0.15, -0.1) is 0 Å². The summed E-state index contributed by atoms with van der Waals surface area (Å²) in [6.45, 7) is 20.9. The largest absolute Gasteiger partial charge is 0.394 e. The third kappa shape index (κ3) is 24.2.